The number of rotatable bonds is 2. The lowest BCUT2D eigenvalue weighted by Crippen LogP contribution is -2.24. The van der Waals surface area contributed by atoms with Gasteiger partial charge in [-0.25, -0.2) is 0 Å². The summed E-state index contributed by atoms with van der Waals surface area (Å²) < 4.78 is 5.87. The summed E-state index contributed by atoms with van der Waals surface area (Å²) in [7, 11) is 0. The van der Waals surface area contributed by atoms with Gasteiger partial charge in [0.2, 0.25) is 0 Å². The van der Waals surface area contributed by atoms with E-state index < -0.39 is 0 Å². The highest BCUT2D eigenvalue weighted by atomic mass is 16.5. The van der Waals surface area contributed by atoms with Crippen molar-refractivity contribution in [3.05, 3.63) is 23.8 Å². The summed E-state index contributed by atoms with van der Waals surface area (Å²) >= 11 is 0. The first kappa shape index (κ1) is 11.6. The maximum Gasteiger partial charge on any atom is 0.146 e. The molecule has 2 heterocycles. The average molecular weight is 258 g/mol. The van der Waals surface area contributed by atoms with Crippen LogP contribution in [-0.2, 0) is 6.54 Å². The number of hydrogen-bond donors (Lipinski definition) is 1. The zero-order valence-corrected chi connectivity index (χ0v) is 11.4. The Balaban J connectivity index is 1.51. The molecule has 19 heavy (non-hydrogen) atoms. The van der Waals surface area contributed by atoms with Crippen molar-refractivity contribution >= 4 is 5.69 Å². The minimum atomic E-state index is 0.787. The van der Waals surface area contributed by atoms with Gasteiger partial charge >= 0.3 is 0 Å². The summed E-state index contributed by atoms with van der Waals surface area (Å²) in [6.07, 6.45) is 4.36. The van der Waals surface area contributed by atoms with Gasteiger partial charge in [-0.15, -0.1) is 0 Å². The van der Waals surface area contributed by atoms with Crippen molar-refractivity contribution in [2.45, 2.75) is 25.8 Å². The molecule has 1 aromatic carbocycles. The molecular weight excluding hydrogens is 236 g/mol. The fourth-order valence-electron chi connectivity index (χ4n) is 4.06. The van der Waals surface area contributed by atoms with E-state index in [0.717, 1.165) is 37.3 Å². The molecule has 2 aliphatic heterocycles. The van der Waals surface area contributed by atoms with Crippen molar-refractivity contribution < 1.29 is 4.74 Å². The molecule has 2 fully saturated rings. The van der Waals surface area contributed by atoms with Crippen LogP contribution in [-0.4, -0.2) is 31.1 Å². The lowest BCUT2D eigenvalue weighted by molar-refractivity contribution is 0.283. The second kappa shape index (κ2) is 4.71. The molecule has 1 saturated heterocycles. The standard InChI is InChI=1S/C16H22N2O/c1-3-12-9-18(10-13(12)4-1)11-14-5-2-6-15-16(14)19-8-7-17-15/h2,5-6,12-13,17H,1,3-4,7-11H2. The molecule has 0 bridgehead atoms. The predicted molar refractivity (Wildman–Crippen MR) is 76.5 cm³/mol. The van der Waals surface area contributed by atoms with E-state index in [1.165, 1.54) is 43.6 Å². The minimum absolute atomic E-state index is 0.787. The summed E-state index contributed by atoms with van der Waals surface area (Å²) in [6.45, 7) is 5.35. The van der Waals surface area contributed by atoms with Gasteiger partial charge in [-0.3, -0.25) is 4.90 Å². The van der Waals surface area contributed by atoms with E-state index in [9.17, 15) is 0 Å². The molecule has 1 saturated carbocycles. The Morgan fingerprint density at radius 2 is 2.05 bits per heavy atom. The molecule has 3 nitrogen and oxygen atoms in total. The Morgan fingerprint density at radius 1 is 1.21 bits per heavy atom. The fraction of sp³-hybridized carbons (Fsp3) is 0.625. The van der Waals surface area contributed by atoms with Gasteiger partial charge in [-0.05, 0) is 30.7 Å². The van der Waals surface area contributed by atoms with Crippen LogP contribution in [0.3, 0.4) is 0 Å². The number of likely N-dealkylation sites (tertiary alicyclic amines) is 1. The Bertz CT molecular complexity index is 462. The van der Waals surface area contributed by atoms with Crippen molar-refractivity contribution in [3.63, 3.8) is 0 Å². The molecule has 3 heteroatoms. The van der Waals surface area contributed by atoms with Crippen LogP contribution in [0.4, 0.5) is 5.69 Å². The number of fused-ring (bicyclic) bond motifs is 2. The average Bonchev–Trinajstić information content (AvgIpc) is 3.00. The monoisotopic (exact) mass is 258 g/mol. The van der Waals surface area contributed by atoms with Crippen LogP contribution in [0, 0.1) is 11.8 Å². The number of para-hydroxylation sites is 1. The summed E-state index contributed by atoms with van der Waals surface area (Å²) in [6, 6.07) is 6.49. The van der Waals surface area contributed by atoms with Crippen LogP contribution in [0.25, 0.3) is 0 Å². The third-order valence-corrected chi connectivity index (χ3v) is 4.96. The van der Waals surface area contributed by atoms with Crippen LogP contribution < -0.4 is 10.1 Å². The van der Waals surface area contributed by atoms with Crippen LogP contribution in [0.5, 0.6) is 5.75 Å². The first-order valence-electron chi connectivity index (χ1n) is 7.61. The van der Waals surface area contributed by atoms with Gasteiger partial charge in [0.25, 0.3) is 0 Å². The molecule has 1 aliphatic carbocycles. The number of benzene rings is 1. The van der Waals surface area contributed by atoms with Crippen LogP contribution in [0.2, 0.25) is 0 Å². The number of nitrogens with one attached hydrogen (secondary N) is 1. The van der Waals surface area contributed by atoms with E-state index in [1.54, 1.807) is 0 Å². The second-order valence-electron chi connectivity index (χ2n) is 6.21. The first-order chi connectivity index (χ1) is 9.40. The smallest absolute Gasteiger partial charge is 0.146 e. The number of anilines is 1. The van der Waals surface area contributed by atoms with E-state index in [0.29, 0.717) is 0 Å². The SMILES string of the molecule is c1cc(CN2CC3CCCC3C2)c2c(c1)NCCO2. The van der Waals surface area contributed by atoms with E-state index in [2.05, 4.69) is 28.4 Å². The topological polar surface area (TPSA) is 24.5 Å². The lowest BCUT2D eigenvalue weighted by Gasteiger charge is -2.24. The van der Waals surface area contributed by atoms with Gasteiger partial charge in [0.15, 0.2) is 0 Å². The summed E-state index contributed by atoms with van der Waals surface area (Å²) in [4.78, 5) is 2.63. The van der Waals surface area contributed by atoms with Crippen LogP contribution in [0.15, 0.2) is 18.2 Å². The number of ether oxygens (including phenoxy) is 1. The largest absolute Gasteiger partial charge is 0.489 e. The Labute approximate surface area is 114 Å². The van der Waals surface area contributed by atoms with Gasteiger partial charge in [-0.1, -0.05) is 18.6 Å². The Kier molecular flexibility index (Phi) is 2.87. The molecule has 1 N–H and O–H groups in total. The maximum absolute atomic E-state index is 5.87. The summed E-state index contributed by atoms with van der Waals surface area (Å²) in [5.41, 5.74) is 2.52. The normalized spacial score (nSPS) is 29.5. The zero-order valence-electron chi connectivity index (χ0n) is 11.4. The molecule has 4 rings (SSSR count). The van der Waals surface area contributed by atoms with E-state index in [4.69, 9.17) is 4.74 Å². The molecule has 0 spiro atoms. The Morgan fingerprint density at radius 3 is 2.89 bits per heavy atom. The van der Waals surface area contributed by atoms with Crippen molar-refractivity contribution in [1.82, 2.24) is 4.90 Å². The number of hydrogen-bond acceptors (Lipinski definition) is 3. The van der Waals surface area contributed by atoms with Crippen molar-refractivity contribution in [2.75, 3.05) is 31.6 Å². The zero-order chi connectivity index (χ0) is 12.7. The molecule has 1 aromatic rings. The molecular formula is C16H22N2O. The van der Waals surface area contributed by atoms with Gasteiger partial charge in [0.05, 0.1) is 5.69 Å². The number of nitrogens with zero attached hydrogens (tertiary/aromatic N) is 1. The van der Waals surface area contributed by atoms with Crippen LogP contribution in [0.1, 0.15) is 24.8 Å². The van der Waals surface area contributed by atoms with Gasteiger partial charge in [0.1, 0.15) is 12.4 Å². The van der Waals surface area contributed by atoms with E-state index in [-0.39, 0.29) is 0 Å². The van der Waals surface area contributed by atoms with E-state index >= 15 is 0 Å². The second-order valence-corrected chi connectivity index (χ2v) is 6.21. The molecule has 102 valence electrons. The lowest BCUT2D eigenvalue weighted by atomic mass is 10.0. The van der Waals surface area contributed by atoms with Gasteiger partial charge < -0.3 is 10.1 Å². The van der Waals surface area contributed by atoms with Crippen molar-refractivity contribution in [1.29, 1.82) is 0 Å². The highest BCUT2D eigenvalue weighted by Crippen LogP contribution is 2.39. The van der Waals surface area contributed by atoms with Crippen molar-refractivity contribution in [2.24, 2.45) is 11.8 Å². The molecule has 2 atom stereocenters. The maximum atomic E-state index is 5.87. The molecule has 0 aromatic heterocycles. The highest BCUT2D eigenvalue weighted by molar-refractivity contribution is 5.61. The summed E-state index contributed by atoms with van der Waals surface area (Å²) in [5, 5.41) is 3.42. The highest BCUT2D eigenvalue weighted by Gasteiger charge is 2.36. The van der Waals surface area contributed by atoms with Gasteiger partial charge in [0, 0.05) is 31.7 Å². The van der Waals surface area contributed by atoms with Crippen molar-refractivity contribution in [3.8, 4) is 5.75 Å². The predicted octanol–water partition coefficient (Wildman–Crippen LogP) is 2.72. The Hall–Kier alpha value is -1.22. The molecule has 0 radical (unpaired) electrons. The third kappa shape index (κ3) is 2.10. The fourth-order valence-corrected chi connectivity index (χ4v) is 4.06. The minimum Gasteiger partial charge on any atom is -0.489 e. The molecule has 2 unspecified atom stereocenters. The third-order valence-electron chi connectivity index (χ3n) is 4.96. The van der Waals surface area contributed by atoms with E-state index in [1.807, 2.05) is 0 Å². The quantitative estimate of drug-likeness (QED) is 0.882. The first-order valence-corrected chi connectivity index (χ1v) is 7.61. The van der Waals surface area contributed by atoms with Gasteiger partial charge in [-0.2, -0.15) is 0 Å². The molecule has 3 aliphatic rings. The van der Waals surface area contributed by atoms with Crippen LogP contribution >= 0.6 is 0 Å². The summed E-state index contributed by atoms with van der Waals surface area (Å²) in [5.74, 6) is 3.03. The molecule has 0 amide bonds.